The number of ether oxygens (including phenoxy) is 1. The van der Waals surface area contributed by atoms with Crippen LogP contribution in [0, 0.1) is 0 Å². The molecule has 1 aromatic rings. The van der Waals surface area contributed by atoms with Gasteiger partial charge in [-0.05, 0) is 38.7 Å². The first-order chi connectivity index (χ1) is 12.9. The number of esters is 1. The number of fused-ring (bicyclic) bond motifs is 1. The molecule has 1 fully saturated rings. The number of nitrogens with zero attached hydrogens (tertiary/aromatic N) is 2. The highest BCUT2D eigenvalue weighted by Crippen LogP contribution is 2.31. The molecule has 27 heavy (non-hydrogen) atoms. The van der Waals surface area contributed by atoms with Crippen LogP contribution < -0.4 is 0 Å². The van der Waals surface area contributed by atoms with Crippen LogP contribution in [0.15, 0.2) is 30.8 Å². The Morgan fingerprint density at radius 2 is 1.96 bits per heavy atom. The van der Waals surface area contributed by atoms with E-state index in [4.69, 9.17) is 4.74 Å². The van der Waals surface area contributed by atoms with Crippen molar-refractivity contribution in [2.45, 2.75) is 51.7 Å². The number of benzene rings is 1. The summed E-state index contributed by atoms with van der Waals surface area (Å²) < 4.78 is 5.35. The minimum atomic E-state index is -0.863. The first-order valence-electron chi connectivity index (χ1n) is 9.54. The second kappa shape index (κ2) is 7.94. The van der Waals surface area contributed by atoms with E-state index in [9.17, 15) is 14.4 Å². The summed E-state index contributed by atoms with van der Waals surface area (Å²) in [7, 11) is 0. The van der Waals surface area contributed by atoms with Crippen LogP contribution in [0.3, 0.4) is 0 Å². The summed E-state index contributed by atoms with van der Waals surface area (Å²) in [5.74, 6) is -1.04. The zero-order valence-electron chi connectivity index (χ0n) is 15.9. The average molecular weight is 370 g/mol. The maximum absolute atomic E-state index is 12.7. The topological polar surface area (TPSA) is 66.9 Å². The quantitative estimate of drug-likeness (QED) is 0.748. The van der Waals surface area contributed by atoms with Crippen LogP contribution in [-0.2, 0) is 14.3 Å². The highest BCUT2D eigenvalue weighted by atomic mass is 16.5. The van der Waals surface area contributed by atoms with E-state index in [1.807, 2.05) is 11.0 Å². The molecule has 144 valence electrons. The summed E-state index contributed by atoms with van der Waals surface area (Å²) in [5.41, 5.74) is 1.73. The Morgan fingerprint density at radius 3 is 2.63 bits per heavy atom. The molecule has 2 heterocycles. The van der Waals surface area contributed by atoms with Gasteiger partial charge in [0.1, 0.15) is 6.54 Å². The molecule has 2 atom stereocenters. The van der Waals surface area contributed by atoms with Gasteiger partial charge >= 0.3 is 5.97 Å². The van der Waals surface area contributed by atoms with E-state index in [1.165, 1.54) is 4.90 Å². The monoisotopic (exact) mass is 370 g/mol. The summed E-state index contributed by atoms with van der Waals surface area (Å²) in [6, 6.07) is 7.32. The molecule has 0 aliphatic carbocycles. The van der Waals surface area contributed by atoms with Gasteiger partial charge in [-0.1, -0.05) is 31.7 Å². The minimum absolute atomic E-state index is 0.162. The maximum atomic E-state index is 12.7. The number of piperidine rings is 1. The molecule has 0 radical (unpaired) electrons. The van der Waals surface area contributed by atoms with Gasteiger partial charge < -0.3 is 9.64 Å². The molecule has 2 amide bonds. The zero-order valence-corrected chi connectivity index (χ0v) is 15.9. The van der Waals surface area contributed by atoms with Crippen molar-refractivity contribution in [1.29, 1.82) is 0 Å². The van der Waals surface area contributed by atoms with E-state index < -0.39 is 12.1 Å². The smallest absolute Gasteiger partial charge is 0.326 e. The minimum Gasteiger partial charge on any atom is -0.451 e. The lowest BCUT2D eigenvalue weighted by molar-refractivity contribution is -0.161. The van der Waals surface area contributed by atoms with Gasteiger partial charge in [0.15, 0.2) is 6.10 Å². The Hall–Kier alpha value is -2.63. The molecular weight excluding hydrogens is 344 g/mol. The second-order valence-electron chi connectivity index (χ2n) is 7.11. The van der Waals surface area contributed by atoms with Gasteiger partial charge in [0.25, 0.3) is 11.8 Å². The predicted molar refractivity (Wildman–Crippen MR) is 102 cm³/mol. The fourth-order valence-electron chi connectivity index (χ4n) is 3.86. The van der Waals surface area contributed by atoms with Gasteiger partial charge in [-0.3, -0.25) is 19.3 Å². The van der Waals surface area contributed by atoms with Crippen molar-refractivity contribution in [2.24, 2.45) is 0 Å². The number of hydrogen-bond acceptors (Lipinski definition) is 4. The summed E-state index contributed by atoms with van der Waals surface area (Å²) >= 11 is 0. The number of amides is 2. The first kappa shape index (κ1) is 19.1. The maximum Gasteiger partial charge on any atom is 0.326 e. The van der Waals surface area contributed by atoms with Gasteiger partial charge in [-0.25, -0.2) is 0 Å². The van der Waals surface area contributed by atoms with Gasteiger partial charge in [0.2, 0.25) is 0 Å². The molecule has 6 nitrogen and oxygen atoms in total. The van der Waals surface area contributed by atoms with Gasteiger partial charge in [0, 0.05) is 29.4 Å². The Kier molecular flexibility index (Phi) is 5.63. The van der Waals surface area contributed by atoms with E-state index in [1.54, 1.807) is 25.1 Å². The number of carbonyl (C=O) groups excluding carboxylic acids is 3. The molecule has 1 saturated heterocycles. The molecular formula is C21H26N2O4. The number of carbonyl (C=O) groups is 3. The third-order valence-electron chi connectivity index (χ3n) is 5.36. The Balaban J connectivity index is 1.60. The lowest BCUT2D eigenvalue weighted by Crippen LogP contribution is -2.48. The van der Waals surface area contributed by atoms with Crippen LogP contribution in [0.4, 0.5) is 0 Å². The first-order valence-corrected chi connectivity index (χ1v) is 9.54. The molecule has 1 aromatic carbocycles. The highest BCUT2D eigenvalue weighted by molar-refractivity contribution is 6.10. The number of hydrogen-bond donors (Lipinski definition) is 0. The van der Waals surface area contributed by atoms with Crippen molar-refractivity contribution in [3.63, 3.8) is 0 Å². The van der Waals surface area contributed by atoms with E-state index in [0.29, 0.717) is 17.8 Å². The lowest BCUT2D eigenvalue weighted by Gasteiger charge is -2.36. The fraction of sp³-hybridized carbons (Fsp3) is 0.476. The van der Waals surface area contributed by atoms with E-state index in [2.05, 4.69) is 13.5 Å². The molecule has 6 heteroatoms. The summed E-state index contributed by atoms with van der Waals surface area (Å²) in [4.78, 5) is 40.7. The standard InChI is InChI=1S/C21H26N2O4/c1-4-16-9-7-8-12-22(16)20(25)15(3)27-19(24)13-23-14(2)17-10-5-6-11-18(17)21(23)26/h5-6,10-11,15-16H,2,4,7-9,12-13H2,1,3H3. The second-order valence-corrected chi connectivity index (χ2v) is 7.11. The highest BCUT2D eigenvalue weighted by Gasteiger charge is 2.34. The summed E-state index contributed by atoms with van der Waals surface area (Å²) in [6.07, 6.45) is 3.12. The van der Waals surface area contributed by atoms with Gasteiger partial charge in [0.05, 0.1) is 0 Å². The molecule has 2 aliphatic heterocycles. The van der Waals surface area contributed by atoms with Crippen molar-refractivity contribution in [3.05, 3.63) is 42.0 Å². The molecule has 0 bridgehead atoms. The third kappa shape index (κ3) is 3.75. The van der Waals surface area contributed by atoms with Gasteiger partial charge in [-0.2, -0.15) is 0 Å². The van der Waals surface area contributed by atoms with Crippen LogP contribution in [0.2, 0.25) is 0 Å². The van der Waals surface area contributed by atoms with Crippen molar-refractivity contribution in [1.82, 2.24) is 9.80 Å². The number of rotatable bonds is 5. The van der Waals surface area contributed by atoms with Crippen LogP contribution >= 0.6 is 0 Å². The average Bonchev–Trinajstić information content (AvgIpc) is 2.92. The molecule has 2 unspecified atom stereocenters. The van der Waals surface area contributed by atoms with Crippen molar-refractivity contribution < 1.29 is 19.1 Å². The van der Waals surface area contributed by atoms with E-state index >= 15 is 0 Å². The van der Waals surface area contributed by atoms with Crippen molar-refractivity contribution >= 4 is 23.5 Å². The molecule has 0 spiro atoms. The number of likely N-dealkylation sites (tertiary alicyclic amines) is 1. The molecule has 2 aliphatic rings. The van der Waals surface area contributed by atoms with Gasteiger partial charge in [-0.15, -0.1) is 0 Å². The Morgan fingerprint density at radius 1 is 1.26 bits per heavy atom. The van der Waals surface area contributed by atoms with Crippen molar-refractivity contribution in [2.75, 3.05) is 13.1 Å². The van der Waals surface area contributed by atoms with Crippen molar-refractivity contribution in [3.8, 4) is 0 Å². The summed E-state index contributed by atoms with van der Waals surface area (Å²) in [5, 5.41) is 0. The molecule has 0 N–H and O–H groups in total. The summed E-state index contributed by atoms with van der Waals surface area (Å²) in [6.45, 7) is 8.03. The lowest BCUT2D eigenvalue weighted by atomic mass is 9.99. The van der Waals surface area contributed by atoms with E-state index in [0.717, 1.165) is 31.2 Å². The molecule has 0 aromatic heterocycles. The van der Waals surface area contributed by atoms with E-state index in [-0.39, 0.29) is 24.4 Å². The SMILES string of the molecule is C=C1c2ccccc2C(=O)N1CC(=O)OC(C)C(=O)N1CCCCC1CC. The fourth-order valence-corrected chi connectivity index (χ4v) is 3.86. The zero-order chi connectivity index (χ0) is 19.6. The Bertz CT molecular complexity index is 738. The van der Waals surface area contributed by atoms with Crippen LogP contribution in [0.1, 0.15) is 55.5 Å². The molecule has 3 rings (SSSR count). The van der Waals surface area contributed by atoms with Crippen LogP contribution in [0.5, 0.6) is 0 Å². The Labute approximate surface area is 159 Å². The van der Waals surface area contributed by atoms with Crippen LogP contribution in [-0.4, -0.2) is 52.8 Å². The molecule has 0 saturated carbocycles. The third-order valence-corrected chi connectivity index (χ3v) is 5.36. The van der Waals surface area contributed by atoms with Crippen LogP contribution in [0.25, 0.3) is 5.70 Å². The largest absolute Gasteiger partial charge is 0.451 e. The predicted octanol–water partition coefficient (Wildman–Crippen LogP) is 2.84. The normalized spacial score (nSPS) is 20.4.